The zero-order valence-corrected chi connectivity index (χ0v) is 12.6. The van der Waals surface area contributed by atoms with Crippen LogP contribution in [0, 0.1) is 5.82 Å². The van der Waals surface area contributed by atoms with Crippen LogP contribution in [-0.2, 0) is 6.18 Å². The van der Waals surface area contributed by atoms with E-state index in [2.05, 4.69) is 15.9 Å². The number of amides is 1. The maximum absolute atomic E-state index is 13.8. The molecule has 0 aromatic heterocycles. The molecule has 1 atom stereocenters. The van der Waals surface area contributed by atoms with Crippen molar-refractivity contribution >= 4 is 21.8 Å². The van der Waals surface area contributed by atoms with Gasteiger partial charge in [0.15, 0.2) is 0 Å². The van der Waals surface area contributed by atoms with Gasteiger partial charge >= 0.3 is 6.18 Å². The number of hydrogen-bond acceptors (Lipinski definition) is 1. The first-order valence-electron chi connectivity index (χ1n) is 5.89. The zero-order chi connectivity index (χ0) is 15.5. The van der Waals surface area contributed by atoms with Gasteiger partial charge in [-0.05, 0) is 18.6 Å². The minimum absolute atomic E-state index is 0.157. The minimum atomic E-state index is -4.82. The molecule has 1 aromatic rings. The second-order valence-electron chi connectivity index (χ2n) is 4.46. The second kappa shape index (κ2) is 6.56. The fourth-order valence-electron chi connectivity index (χ4n) is 1.59. The van der Waals surface area contributed by atoms with Crippen molar-refractivity contribution in [2.24, 2.45) is 0 Å². The number of hydrogen-bond donors (Lipinski definition) is 0. The molecular formula is C13H14BrF4NO. The molecule has 0 saturated heterocycles. The third-order valence-electron chi connectivity index (χ3n) is 2.74. The standard InChI is InChI=1S/C13H14BrF4NO/c1-8(14)6-7-19(2)12(20)9-4-3-5-10(11(9)15)13(16,17)18/h3-5,8H,6-7H2,1-2H3. The van der Waals surface area contributed by atoms with Crippen molar-refractivity contribution in [3.05, 3.63) is 35.1 Å². The van der Waals surface area contributed by atoms with Crippen LogP contribution in [0.1, 0.15) is 29.3 Å². The van der Waals surface area contributed by atoms with E-state index in [1.54, 1.807) is 0 Å². The van der Waals surface area contributed by atoms with Crippen LogP contribution >= 0.6 is 15.9 Å². The maximum atomic E-state index is 13.8. The fourth-order valence-corrected chi connectivity index (χ4v) is 1.80. The molecule has 112 valence electrons. The molecule has 0 radical (unpaired) electrons. The van der Waals surface area contributed by atoms with Crippen LogP contribution in [0.25, 0.3) is 0 Å². The average molecular weight is 356 g/mol. The molecule has 0 aliphatic heterocycles. The first-order valence-corrected chi connectivity index (χ1v) is 6.81. The monoisotopic (exact) mass is 355 g/mol. The number of alkyl halides is 4. The van der Waals surface area contributed by atoms with Gasteiger partial charge in [0, 0.05) is 18.4 Å². The lowest BCUT2D eigenvalue weighted by molar-refractivity contribution is -0.140. The molecule has 1 rings (SSSR count). The van der Waals surface area contributed by atoms with Crippen molar-refractivity contribution in [3.8, 4) is 0 Å². The van der Waals surface area contributed by atoms with E-state index in [-0.39, 0.29) is 4.83 Å². The van der Waals surface area contributed by atoms with Crippen molar-refractivity contribution in [3.63, 3.8) is 0 Å². The van der Waals surface area contributed by atoms with Crippen molar-refractivity contribution in [2.75, 3.05) is 13.6 Å². The molecule has 1 aromatic carbocycles. The van der Waals surface area contributed by atoms with Crippen molar-refractivity contribution in [2.45, 2.75) is 24.3 Å². The van der Waals surface area contributed by atoms with Gasteiger partial charge in [0.2, 0.25) is 0 Å². The first kappa shape index (κ1) is 16.9. The molecule has 0 heterocycles. The van der Waals surface area contributed by atoms with Crippen molar-refractivity contribution < 1.29 is 22.4 Å². The Labute approximate surface area is 122 Å². The van der Waals surface area contributed by atoms with Crippen molar-refractivity contribution in [1.82, 2.24) is 4.90 Å². The van der Waals surface area contributed by atoms with E-state index in [0.29, 0.717) is 19.0 Å². The van der Waals surface area contributed by atoms with E-state index in [0.717, 1.165) is 12.1 Å². The average Bonchev–Trinajstić information content (AvgIpc) is 2.33. The number of carbonyl (C=O) groups is 1. The molecule has 0 aliphatic carbocycles. The number of nitrogens with zero attached hydrogens (tertiary/aromatic N) is 1. The molecule has 0 saturated carbocycles. The molecule has 0 N–H and O–H groups in total. The van der Waals surface area contributed by atoms with E-state index in [1.807, 2.05) is 6.92 Å². The summed E-state index contributed by atoms with van der Waals surface area (Å²) in [6.07, 6.45) is -4.20. The normalized spacial score (nSPS) is 13.2. The summed E-state index contributed by atoms with van der Waals surface area (Å²) in [7, 11) is 1.43. The molecule has 2 nitrogen and oxygen atoms in total. The van der Waals surface area contributed by atoms with Crippen LogP contribution in [0.4, 0.5) is 17.6 Å². The molecule has 0 bridgehead atoms. The summed E-state index contributed by atoms with van der Waals surface area (Å²) in [5, 5.41) is 0. The largest absolute Gasteiger partial charge is 0.419 e. The highest BCUT2D eigenvalue weighted by molar-refractivity contribution is 9.09. The number of benzene rings is 1. The summed E-state index contributed by atoms with van der Waals surface area (Å²) in [5.74, 6) is -2.29. The Morgan fingerprint density at radius 3 is 2.50 bits per heavy atom. The quantitative estimate of drug-likeness (QED) is 0.588. The first-order chi connectivity index (χ1) is 9.14. The van der Waals surface area contributed by atoms with Crippen LogP contribution in [0.2, 0.25) is 0 Å². The van der Waals surface area contributed by atoms with Crippen LogP contribution in [0.3, 0.4) is 0 Å². The highest BCUT2D eigenvalue weighted by Gasteiger charge is 2.36. The second-order valence-corrected chi connectivity index (χ2v) is 6.02. The minimum Gasteiger partial charge on any atom is -0.342 e. The van der Waals surface area contributed by atoms with Crippen LogP contribution in [-0.4, -0.2) is 29.2 Å². The summed E-state index contributed by atoms with van der Waals surface area (Å²) < 4.78 is 51.5. The van der Waals surface area contributed by atoms with Gasteiger partial charge in [-0.1, -0.05) is 28.9 Å². The van der Waals surface area contributed by atoms with E-state index >= 15 is 0 Å². The summed E-state index contributed by atoms with van der Waals surface area (Å²) in [6.45, 7) is 2.20. The summed E-state index contributed by atoms with van der Waals surface area (Å²) in [6, 6.07) is 2.70. The predicted molar refractivity (Wildman–Crippen MR) is 71.4 cm³/mol. The Morgan fingerprint density at radius 1 is 1.40 bits per heavy atom. The van der Waals surface area contributed by atoms with Crippen LogP contribution < -0.4 is 0 Å². The van der Waals surface area contributed by atoms with Gasteiger partial charge in [0.05, 0.1) is 11.1 Å². The Morgan fingerprint density at radius 2 is 2.00 bits per heavy atom. The lowest BCUT2D eigenvalue weighted by Gasteiger charge is -2.19. The van der Waals surface area contributed by atoms with Gasteiger partial charge in [0.25, 0.3) is 5.91 Å². The van der Waals surface area contributed by atoms with Gasteiger partial charge in [-0.15, -0.1) is 0 Å². The SMILES string of the molecule is CC(Br)CCN(C)C(=O)c1cccc(C(F)(F)F)c1F. The summed E-state index contributed by atoms with van der Waals surface area (Å²) in [5.41, 5.74) is -1.99. The van der Waals surface area contributed by atoms with Crippen LogP contribution in [0.5, 0.6) is 0 Å². The van der Waals surface area contributed by atoms with E-state index in [1.165, 1.54) is 11.9 Å². The number of carbonyl (C=O) groups excluding carboxylic acids is 1. The van der Waals surface area contributed by atoms with E-state index in [4.69, 9.17) is 0 Å². The van der Waals surface area contributed by atoms with E-state index in [9.17, 15) is 22.4 Å². The van der Waals surface area contributed by atoms with Crippen molar-refractivity contribution in [1.29, 1.82) is 0 Å². The molecule has 7 heteroatoms. The highest BCUT2D eigenvalue weighted by atomic mass is 79.9. The Hall–Kier alpha value is -1.11. The predicted octanol–water partition coefficient (Wildman–Crippen LogP) is 4.09. The van der Waals surface area contributed by atoms with Gasteiger partial charge < -0.3 is 4.90 Å². The maximum Gasteiger partial charge on any atom is 0.419 e. The molecule has 0 spiro atoms. The zero-order valence-electron chi connectivity index (χ0n) is 11.0. The smallest absolute Gasteiger partial charge is 0.342 e. The Kier molecular flexibility index (Phi) is 5.56. The third-order valence-corrected chi connectivity index (χ3v) is 3.20. The summed E-state index contributed by atoms with van der Waals surface area (Å²) >= 11 is 3.30. The number of halogens is 5. The third kappa shape index (κ3) is 4.19. The number of rotatable bonds is 4. The lowest BCUT2D eigenvalue weighted by atomic mass is 10.1. The fraction of sp³-hybridized carbons (Fsp3) is 0.462. The topological polar surface area (TPSA) is 20.3 Å². The van der Waals surface area contributed by atoms with Crippen LogP contribution in [0.15, 0.2) is 18.2 Å². The van der Waals surface area contributed by atoms with Gasteiger partial charge in [-0.3, -0.25) is 4.79 Å². The highest BCUT2D eigenvalue weighted by Crippen LogP contribution is 2.32. The molecule has 1 amide bonds. The van der Waals surface area contributed by atoms with Gasteiger partial charge in [0.1, 0.15) is 5.82 Å². The Bertz CT molecular complexity index is 488. The molecule has 0 fully saturated rings. The van der Waals surface area contributed by atoms with E-state index < -0.39 is 29.0 Å². The lowest BCUT2D eigenvalue weighted by Crippen LogP contribution is -2.30. The molecule has 0 aliphatic rings. The molecule has 1 unspecified atom stereocenters. The molecular weight excluding hydrogens is 342 g/mol. The Balaban J connectivity index is 3.00. The van der Waals surface area contributed by atoms with Gasteiger partial charge in [-0.25, -0.2) is 4.39 Å². The summed E-state index contributed by atoms with van der Waals surface area (Å²) in [4.78, 5) is 13.3. The molecule has 20 heavy (non-hydrogen) atoms. The van der Waals surface area contributed by atoms with Gasteiger partial charge in [-0.2, -0.15) is 13.2 Å².